The van der Waals surface area contributed by atoms with Crippen molar-refractivity contribution in [3.05, 3.63) is 47.3 Å². The number of amides is 1. The van der Waals surface area contributed by atoms with Crippen LogP contribution < -0.4 is 15.4 Å². The fourth-order valence-corrected chi connectivity index (χ4v) is 3.05. The first-order chi connectivity index (χ1) is 13.1. The maximum atomic E-state index is 12.6. The molecule has 0 saturated heterocycles. The third kappa shape index (κ3) is 4.74. The van der Waals surface area contributed by atoms with Gasteiger partial charge in [-0.15, -0.1) is 5.10 Å². The molecule has 1 aliphatic heterocycles. The van der Waals surface area contributed by atoms with Crippen LogP contribution in [-0.4, -0.2) is 46.6 Å². The molecule has 2 N–H and O–H groups in total. The van der Waals surface area contributed by atoms with E-state index in [1.165, 1.54) is 5.57 Å². The molecule has 1 aromatic carbocycles. The predicted molar refractivity (Wildman–Crippen MR) is 104 cm³/mol. The summed E-state index contributed by atoms with van der Waals surface area (Å²) in [6, 6.07) is 7.65. The Morgan fingerprint density at radius 1 is 1.33 bits per heavy atom. The summed E-state index contributed by atoms with van der Waals surface area (Å²) in [6.45, 7) is 8.35. The minimum absolute atomic E-state index is 0.124. The summed E-state index contributed by atoms with van der Waals surface area (Å²) in [7, 11) is 0. The Morgan fingerprint density at radius 3 is 2.74 bits per heavy atom. The highest BCUT2D eigenvalue weighted by Crippen LogP contribution is 2.19. The predicted octanol–water partition coefficient (Wildman–Crippen LogP) is 2.27. The SMILES string of the molecule is CCc1c(C(=O)NCC2=CCNCC2)nnn1-c1ccc(OC(C)C)cc1. The zero-order chi connectivity index (χ0) is 19.2. The maximum Gasteiger partial charge on any atom is 0.274 e. The van der Waals surface area contributed by atoms with E-state index in [-0.39, 0.29) is 12.0 Å². The van der Waals surface area contributed by atoms with Gasteiger partial charge in [-0.1, -0.05) is 23.8 Å². The number of hydrogen-bond donors (Lipinski definition) is 2. The number of carbonyl (C=O) groups excluding carboxylic acids is 1. The molecule has 27 heavy (non-hydrogen) atoms. The molecule has 0 spiro atoms. The molecule has 3 rings (SSSR count). The number of hydrogen-bond acceptors (Lipinski definition) is 5. The van der Waals surface area contributed by atoms with Crippen LogP contribution in [0.25, 0.3) is 5.69 Å². The Hall–Kier alpha value is -2.67. The minimum Gasteiger partial charge on any atom is -0.491 e. The number of aromatic nitrogens is 3. The van der Waals surface area contributed by atoms with E-state index < -0.39 is 0 Å². The summed E-state index contributed by atoms with van der Waals surface area (Å²) in [6.07, 6.45) is 3.87. The number of benzene rings is 1. The third-order valence-electron chi connectivity index (χ3n) is 4.40. The van der Waals surface area contributed by atoms with Crippen molar-refractivity contribution in [2.24, 2.45) is 0 Å². The van der Waals surface area contributed by atoms with Gasteiger partial charge in [-0.25, -0.2) is 4.68 Å². The van der Waals surface area contributed by atoms with Crippen LogP contribution in [0, 0.1) is 0 Å². The molecule has 0 aliphatic carbocycles. The Balaban J connectivity index is 1.73. The average molecular weight is 369 g/mol. The van der Waals surface area contributed by atoms with Gasteiger partial charge in [-0.05, 0) is 57.5 Å². The first kappa shape index (κ1) is 19.1. The fourth-order valence-electron chi connectivity index (χ4n) is 3.05. The third-order valence-corrected chi connectivity index (χ3v) is 4.40. The molecule has 1 amide bonds. The molecule has 7 nitrogen and oxygen atoms in total. The second-order valence-corrected chi connectivity index (χ2v) is 6.81. The number of nitrogens with zero attached hydrogens (tertiary/aromatic N) is 3. The smallest absolute Gasteiger partial charge is 0.274 e. The van der Waals surface area contributed by atoms with Gasteiger partial charge in [0.15, 0.2) is 5.69 Å². The molecular weight excluding hydrogens is 342 g/mol. The van der Waals surface area contributed by atoms with Gasteiger partial charge in [-0.3, -0.25) is 4.79 Å². The second-order valence-electron chi connectivity index (χ2n) is 6.81. The van der Waals surface area contributed by atoms with Crippen LogP contribution in [0.5, 0.6) is 5.75 Å². The molecule has 0 unspecified atom stereocenters. The molecule has 0 saturated carbocycles. The summed E-state index contributed by atoms with van der Waals surface area (Å²) in [5.41, 5.74) is 3.28. The Labute approximate surface area is 159 Å². The molecule has 0 atom stereocenters. The largest absolute Gasteiger partial charge is 0.491 e. The van der Waals surface area contributed by atoms with E-state index in [4.69, 9.17) is 4.74 Å². The zero-order valence-electron chi connectivity index (χ0n) is 16.2. The summed E-state index contributed by atoms with van der Waals surface area (Å²) in [5, 5.41) is 14.6. The normalized spacial score (nSPS) is 14.1. The average Bonchev–Trinajstić information content (AvgIpc) is 3.11. The van der Waals surface area contributed by atoms with Crippen LogP contribution in [0.4, 0.5) is 0 Å². The first-order valence-electron chi connectivity index (χ1n) is 9.47. The lowest BCUT2D eigenvalue weighted by Gasteiger charge is -2.14. The molecule has 144 valence electrons. The Bertz CT molecular complexity index is 808. The molecule has 7 heteroatoms. The lowest BCUT2D eigenvalue weighted by Crippen LogP contribution is -2.30. The van der Waals surface area contributed by atoms with Crippen LogP contribution in [0.2, 0.25) is 0 Å². The van der Waals surface area contributed by atoms with Crippen molar-refractivity contribution in [2.45, 2.75) is 39.7 Å². The van der Waals surface area contributed by atoms with E-state index in [0.717, 1.165) is 36.6 Å². The summed E-state index contributed by atoms with van der Waals surface area (Å²) in [5.74, 6) is 0.623. The number of nitrogens with one attached hydrogen (secondary N) is 2. The molecule has 0 fully saturated rings. The molecule has 0 bridgehead atoms. The van der Waals surface area contributed by atoms with Gasteiger partial charge in [-0.2, -0.15) is 0 Å². The van der Waals surface area contributed by atoms with Gasteiger partial charge in [0.25, 0.3) is 5.91 Å². The van der Waals surface area contributed by atoms with E-state index in [9.17, 15) is 4.79 Å². The van der Waals surface area contributed by atoms with Gasteiger partial charge in [0.05, 0.1) is 17.5 Å². The van der Waals surface area contributed by atoms with Crippen molar-refractivity contribution in [2.75, 3.05) is 19.6 Å². The monoisotopic (exact) mass is 369 g/mol. The van der Waals surface area contributed by atoms with Crippen molar-refractivity contribution in [1.29, 1.82) is 0 Å². The van der Waals surface area contributed by atoms with Gasteiger partial charge in [0.2, 0.25) is 0 Å². The highest BCUT2D eigenvalue weighted by molar-refractivity contribution is 5.93. The van der Waals surface area contributed by atoms with Crippen molar-refractivity contribution in [3.8, 4) is 11.4 Å². The van der Waals surface area contributed by atoms with E-state index in [0.29, 0.717) is 18.7 Å². The van der Waals surface area contributed by atoms with E-state index in [1.807, 2.05) is 45.0 Å². The van der Waals surface area contributed by atoms with Gasteiger partial charge in [0, 0.05) is 13.1 Å². The second kappa shape index (κ2) is 8.81. The van der Waals surface area contributed by atoms with E-state index in [1.54, 1.807) is 4.68 Å². The molecule has 0 radical (unpaired) electrons. The molecule has 1 aromatic heterocycles. The highest BCUT2D eigenvalue weighted by atomic mass is 16.5. The summed E-state index contributed by atoms with van der Waals surface area (Å²) in [4.78, 5) is 12.6. The van der Waals surface area contributed by atoms with Gasteiger partial charge < -0.3 is 15.4 Å². The van der Waals surface area contributed by atoms with Gasteiger partial charge in [0.1, 0.15) is 5.75 Å². The lowest BCUT2D eigenvalue weighted by molar-refractivity contribution is 0.0950. The molecule has 2 heterocycles. The van der Waals surface area contributed by atoms with Crippen LogP contribution in [0.3, 0.4) is 0 Å². The fraction of sp³-hybridized carbons (Fsp3) is 0.450. The van der Waals surface area contributed by atoms with E-state index in [2.05, 4.69) is 27.0 Å². The number of carbonyl (C=O) groups is 1. The minimum atomic E-state index is -0.183. The van der Waals surface area contributed by atoms with Crippen LogP contribution >= 0.6 is 0 Å². The van der Waals surface area contributed by atoms with Crippen molar-refractivity contribution < 1.29 is 9.53 Å². The first-order valence-corrected chi connectivity index (χ1v) is 9.47. The standard InChI is InChI=1S/C20H27N5O2/c1-4-18-19(20(26)22-13-15-9-11-21-12-10-15)23-24-25(18)16-5-7-17(8-6-16)27-14(2)3/h5-9,14,21H,4,10-13H2,1-3H3,(H,22,26). The van der Waals surface area contributed by atoms with Crippen molar-refractivity contribution >= 4 is 5.91 Å². The number of ether oxygens (including phenoxy) is 1. The molecular formula is C20H27N5O2. The quantitative estimate of drug-likeness (QED) is 0.732. The van der Waals surface area contributed by atoms with Crippen LogP contribution in [-0.2, 0) is 6.42 Å². The van der Waals surface area contributed by atoms with Crippen molar-refractivity contribution in [3.63, 3.8) is 0 Å². The lowest BCUT2D eigenvalue weighted by atomic mass is 10.1. The zero-order valence-corrected chi connectivity index (χ0v) is 16.2. The Morgan fingerprint density at radius 2 is 2.11 bits per heavy atom. The Kier molecular flexibility index (Phi) is 6.24. The van der Waals surface area contributed by atoms with Crippen LogP contribution in [0.15, 0.2) is 35.9 Å². The molecule has 2 aromatic rings. The van der Waals surface area contributed by atoms with Crippen LogP contribution in [0.1, 0.15) is 43.4 Å². The number of rotatable bonds is 7. The topological polar surface area (TPSA) is 81.1 Å². The summed E-state index contributed by atoms with van der Waals surface area (Å²) < 4.78 is 7.40. The van der Waals surface area contributed by atoms with Gasteiger partial charge >= 0.3 is 0 Å². The van der Waals surface area contributed by atoms with E-state index >= 15 is 0 Å². The highest BCUT2D eigenvalue weighted by Gasteiger charge is 2.19. The maximum absolute atomic E-state index is 12.6. The van der Waals surface area contributed by atoms with Crippen molar-refractivity contribution in [1.82, 2.24) is 25.6 Å². The summed E-state index contributed by atoms with van der Waals surface area (Å²) >= 11 is 0. The molecule has 1 aliphatic rings.